The first-order chi connectivity index (χ1) is 13.5. The fourth-order valence-corrected chi connectivity index (χ4v) is 2.86. The molecule has 2 heterocycles. The molecule has 142 valence electrons. The molecule has 8 heteroatoms. The number of hydrogen-bond acceptors (Lipinski definition) is 5. The van der Waals surface area contributed by atoms with E-state index in [-0.39, 0.29) is 6.54 Å². The Balaban J connectivity index is 1.67. The van der Waals surface area contributed by atoms with Crippen molar-refractivity contribution in [3.63, 3.8) is 0 Å². The van der Waals surface area contributed by atoms with Crippen molar-refractivity contribution in [2.45, 2.75) is 20.4 Å². The van der Waals surface area contributed by atoms with E-state index in [2.05, 4.69) is 30.8 Å². The molecular weight excluding hydrogens is 362 g/mol. The zero-order valence-electron chi connectivity index (χ0n) is 15.3. The van der Waals surface area contributed by atoms with Gasteiger partial charge in [0.2, 0.25) is 5.95 Å². The zero-order valence-corrected chi connectivity index (χ0v) is 15.3. The fourth-order valence-electron chi connectivity index (χ4n) is 2.86. The van der Waals surface area contributed by atoms with E-state index in [0.717, 1.165) is 28.2 Å². The Morgan fingerprint density at radius 1 is 1.00 bits per heavy atom. The maximum atomic E-state index is 13.9. The average Bonchev–Trinajstić information content (AvgIpc) is 3.06. The standard InChI is InChI=1S/C20H18F2N6/c1-11-3-6-17-15(7-11)19(25-18-8-12(2)27-28-18)26-20(24-17)23-10-13-4-5-14(21)9-16(13)22/h3-9H,10H2,1-2H3,(H3,23,24,25,26,27,28). The second kappa shape index (κ2) is 7.22. The molecule has 0 saturated carbocycles. The van der Waals surface area contributed by atoms with Crippen LogP contribution in [-0.2, 0) is 6.54 Å². The largest absolute Gasteiger partial charge is 0.350 e. The van der Waals surface area contributed by atoms with E-state index in [0.29, 0.717) is 23.1 Å². The highest BCUT2D eigenvalue weighted by Gasteiger charge is 2.11. The summed E-state index contributed by atoms with van der Waals surface area (Å²) < 4.78 is 27.0. The number of aromatic nitrogens is 4. The average molecular weight is 380 g/mol. The summed E-state index contributed by atoms with van der Waals surface area (Å²) in [5.74, 6) is 0.320. The molecule has 3 N–H and O–H groups in total. The van der Waals surface area contributed by atoms with Crippen molar-refractivity contribution in [1.29, 1.82) is 0 Å². The molecule has 0 bridgehead atoms. The molecular formula is C20H18F2N6. The van der Waals surface area contributed by atoms with Crippen LogP contribution in [0.15, 0.2) is 42.5 Å². The SMILES string of the molecule is Cc1ccc2nc(NCc3ccc(F)cc3F)nc(Nc3cc(C)[nH]n3)c2c1. The predicted octanol–water partition coefficient (Wildman–Crippen LogP) is 4.60. The molecule has 0 unspecified atom stereocenters. The van der Waals surface area contributed by atoms with Crippen molar-refractivity contribution in [2.24, 2.45) is 0 Å². The molecule has 0 spiro atoms. The number of aryl methyl sites for hydroxylation is 2. The molecule has 4 aromatic rings. The van der Waals surface area contributed by atoms with E-state index in [1.165, 1.54) is 12.1 Å². The van der Waals surface area contributed by atoms with Gasteiger partial charge in [0.25, 0.3) is 0 Å². The molecule has 0 atom stereocenters. The van der Waals surface area contributed by atoms with Crippen molar-refractivity contribution < 1.29 is 8.78 Å². The highest BCUT2D eigenvalue weighted by molar-refractivity contribution is 5.92. The van der Waals surface area contributed by atoms with Crippen LogP contribution in [0.3, 0.4) is 0 Å². The summed E-state index contributed by atoms with van der Waals surface area (Å²) in [6, 6.07) is 11.2. The Morgan fingerprint density at radius 2 is 1.86 bits per heavy atom. The molecule has 6 nitrogen and oxygen atoms in total. The predicted molar refractivity (Wildman–Crippen MR) is 105 cm³/mol. The minimum Gasteiger partial charge on any atom is -0.350 e. The number of anilines is 3. The molecule has 0 aliphatic heterocycles. The third-order valence-corrected chi connectivity index (χ3v) is 4.26. The van der Waals surface area contributed by atoms with Crippen LogP contribution in [-0.4, -0.2) is 20.2 Å². The maximum absolute atomic E-state index is 13.9. The van der Waals surface area contributed by atoms with Crippen LogP contribution in [0.4, 0.5) is 26.4 Å². The first-order valence-electron chi connectivity index (χ1n) is 8.73. The summed E-state index contributed by atoms with van der Waals surface area (Å²) in [6.45, 7) is 4.03. The number of benzene rings is 2. The summed E-state index contributed by atoms with van der Waals surface area (Å²) in [5.41, 5.74) is 3.05. The fraction of sp³-hybridized carbons (Fsp3) is 0.150. The summed E-state index contributed by atoms with van der Waals surface area (Å²) in [4.78, 5) is 9.02. The first kappa shape index (κ1) is 17.8. The van der Waals surface area contributed by atoms with Gasteiger partial charge in [-0.15, -0.1) is 0 Å². The summed E-state index contributed by atoms with van der Waals surface area (Å²) in [6.07, 6.45) is 0. The minimum atomic E-state index is -0.616. The van der Waals surface area contributed by atoms with Crippen molar-refractivity contribution in [1.82, 2.24) is 20.2 Å². The van der Waals surface area contributed by atoms with Gasteiger partial charge in [-0.25, -0.2) is 13.8 Å². The minimum absolute atomic E-state index is 0.129. The van der Waals surface area contributed by atoms with E-state index < -0.39 is 11.6 Å². The molecule has 0 aliphatic rings. The van der Waals surface area contributed by atoms with Crippen molar-refractivity contribution in [2.75, 3.05) is 10.6 Å². The molecule has 4 rings (SSSR count). The first-order valence-corrected chi connectivity index (χ1v) is 8.73. The molecule has 0 aliphatic carbocycles. The lowest BCUT2D eigenvalue weighted by Crippen LogP contribution is -2.07. The number of rotatable bonds is 5. The van der Waals surface area contributed by atoms with Gasteiger partial charge in [0.1, 0.15) is 17.5 Å². The maximum Gasteiger partial charge on any atom is 0.225 e. The summed E-state index contributed by atoms with van der Waals surface area (Å²) in [7, 11) is 0. The van der Waals surface area contributed by atoms with E-state index in [1.54, 1.807) is 0 Å². The van der Waals surface area contributed by atoms with Gasteiger partial charge < -0.3 is 10.6 Å². The summed E-state index contributed by atoms with van der Waals surface area (Å²) >= 11 is 0. The normalized spacial score (nSPS) is 11.0. The molecule has 0 amide bonds. The number of halogens is 2. The van der Waals surface area contributed by atoms with Crippen LogP contribution in [0.1, 0.15) is 16.8 Å². The van der Waals surface area contributed by atoms with Crippen LogP contribution in [0, 0.1) is 25.5 Å². The van der Waals surface area contributed by atoms with Crippen molar-refractivity contribution >= 4 is 28.5 Å². The lowest BCUT2D eigenvalue weighted by atomic mass is 10.1. The second-order valence-corrected chi connectivity index (χ2v) is 6.57. The number of nitrogens with one attached hydrogen (secondary N) is 3. The van der Waals surface area contributed by atoms with E-state index >= 15 is 0 Å². The Labute approximate surface area is 160 Å². The van der Waals surface area contributed by atoms with Crippen LogP contribution in [0.5, 0.6) is 0 Å². The van der Waals surface area contributed by atoms with Crippen molar-refractivity contribution in [3.8, 4) is 0 Å². The Kier molecular flexibility index (Phi) is 4.60. The third-order valence-electron chi connectivity index (χ3n) is 4.26. The zero-order chi connectivity index (χ0) is 19.7. The number of H-pyrrole nitrogens is 1. The smallest absolute Gasteiger partial charge is 0.225 e. The van der Waals surface area contributed by atoms with E-state index in [9.17, 15) is 8.78 Å². The van der Waals surface area contributed by atoms with Gasteiger partial charge >= 0.3 is 0 Å². The van der Waals surface area contributed by atoms with E-state index in [1.807, 2.05) is 38.1 Å². The number of hydrogen-bond donors (Lipinski definition) is 3. The van der Waals surface area contributed by atoms with Crippen LogP contribution >= 0.6 is 0 Å². The highest BCUT2D eigenvalue weighted by Crippen LogP contribution is 2.26. The number of aromatic amines is 1. The molecule has 28 heavy (non-hydrogen) atoms. The van der Waals surface area contributed by atoms with Crippen molar-refractivity contribution in [3.05, 3.63) is 70.9 Å². The topological polar surface area (TPSA) is 78.5 Å². The summed E-state index contributed by atoms with van der Waals surface area (Å²) in [5, 5.41) is 14.1. The lowest BCUT2D eigenvalue weighted by molar-refractivity contribution is 0.574. The van der Waals surface area contributed by atoms with Gasteiger partial charge in [-0.05, 0) is 32.0 Å². The third kappa shape index (κ3) is 3.75. The van der Waals surface area contributed by atoms with Gasteiger partial charge in [-0.1, -0.05) is 17.7 Å². The monoisotopic (exact) mass is 380 g/mol. The lowest BCUT2D eigenvalue weighted by Gasteiger charge is -2.11. The number of fused-ring (bicyclic) bond motifs is 1. The van der Waals surface area contributed by atoms with Crippen LogP contribution in [0.25, 0.3) is 10.9 Å². The Hall–Kier alpha value is -3.55. The molecule has 2 aromatic heterocycles. The molecule has 0 fully saturated rings. The Morgan fingerprint density at radius 3 is 2.61 bits per heavy atom. The van der Waals surface area contributed by atoms with Gasteiger partial charge in [0.05, 0.1) is 5.52 Å². The molecule has 0 radical (unpaired) electrons. The second-order valence-electron chi connectivity index (χ2n) is 6.57. The van der Waals surface area contributed by atoms with Gasteiger partial charge in [-0.3, -0.25) is 5.10 Å². The quantitative estimate of drug-likeness (QED) is 0.471. The Bertz CT molecular complexity index is 1150. The van der Waals surface area contributed by atoms with Gasteiger partial charge in [0, 0.05) is 35.3 Å². The van der Waals surface area contributed by atoms with Crippen LogP contribution < -0.4 is 10.6 Å². The molecule has 2 aromatic carbocycles. The van der Waals surface area contributed by atoms with Crippen LogP contribution in [0.2, 0.25) is 0 Å². The van der Waals surface area contributed by atoms with Gasteiger partial charge in [-0.2, -0.15) is 10.1 Å². The molecule has 0 saturated heterocycles. The van der Waals surface area contributed by atoms with E-state index in [4.69, 9.17) is 0 Å². The van der Waals surface area contributed by atoms with Gasteiger partial charge in [0.15, 0.2) is 5.82 Å². The highest BCUT2D eigenvalue weighted by atomic mass is 19.1. The number of nitrogens with zero attached hydrogens (tertiary/aromatic N) is 3.